The fourth-order valence-corrected chi connectivity index (χ4v) is 1.82. The number of halogens is 2. The maximum atomic E-state index is 13.7. The molecule has 0 radical (unpaired) electrons. The van der Waals surface area contributed by atoms with Crippen LogP contribution < -0.4 is 4.74 Å². The van der Waals surface area contributed by atoms with Gasteiger partial charge in [-0.3, -0.25) is 0 Å². The number of hydrogen-bond donors (Lipinski definition) is 1. The van der Waals surface area contributed by atoms with Crippen LogP contribution in [-0.2, 0) is 6.61 Å². The Bertz CT molecular complexity index is 661. The lowest BCUT2D eigenvalue weighted by atomic mass is 10.2. The Hall–Kier alpha value is -2.14. The molecule has 0 saturated carbocycles. The molecular weight excluding hydrogens is 285 g/mol. The van der Waals surface area contributed by atoms with Crippen molar-refractivity contribution in [1.29, 1.82) is 0 Å². The summed E-state index contributed by atoms with van der Waals surface area (Å²) in [5.74, 6) is -1.69. The van der Waals surface area contributed by atoms with Gasteiger partial charge in [0, 0.05) is 11.3 Å². The summed E-state index contributed by atoms with van der Waals surface area (Å²) in [7, 11) is 0. The van der Waals surface area contributed by atoms with Crippen LogP contribution >= 0.6 is 11.6 Å². The van der Waals surface area contributed by atoms with Gasteiger partial charge in [0.15, 0.2) is 11.4 Å². The molecule has 0 aliphatic rings. The van der Waals surface area contributed by atoms with Gasteiger partial charge in [0.25, 0.3) is 0 Å². The predicted molar refractivity (Wildman–Crippen MR) is 71.7 cm³/mol. The maximum absolute atomic E-state index is 13.7. The third-order valence-electron chi connectivity index (χ3n) is 2.61. The van der Waals surface area contributed by atoms with Gasteiger partial charge in [-0.2, -0.15) is 0 Å². The number of nitrogens with zero attached hydrogens (tertiary/aromatic N) is 1. The molecule has 4 nitrogen and oxygen atoms in total. The highest BCUT2D eigenvalue weighted by Crippen LogP contribution is 2.22. The summed E-state index contributed by atoms with van der Waals surface area (Å²) in [6.45, 7) is 1.55. The van der Waals surface area contributed by atoms with E-state index in [1.54, 1.807) is 19.1 Å². The fourth-order valence-electron chi connectivity index (χ4n) is 1.63. The van der Waals surface area contributed by atoms with Crippen molar-refractivity contribution in [1.82, 2.24) is 4.98 Å². The van der Waals surface area contributed by atoms with Crippen LogP contribution in [-0.4, -0.2) is 16.1 Å². The number of aromatic carboxylic acids is 1. The van der Waals surface area contributed by atoms with Crippen LogP contribution in [0.5, 0.6) is 5.75 Å². The lowest BCUT2D eigenvalue weighted by molar-refractivity contribution is 0.0684. The molecule has 2 rings (SSSR count). The van der Waals surface area contributed by atoms with E-state index in [1.807, 2.05) is 0 Å². The number of rotatable bonds is 4. The van der Waals surface area contributed by atoms with E-state index in [2.05, 4.69) is 4.98 Å². The second-order valence-corrected chi connectivity index (χ2v) is 4.51. The molecule has 1 heterocycles. The van der Waals surface area contributed by atoms with Crippen molar-refractivity contribution in [2.24, 2.45) is 0 Å². The van der Waals surface area contributed by atoms with Gasteiger partial charge in [-0.25, -0.2) is 14.2 Å². The van der Waals surface area contributed by atoms with Crippen molar-refractivity contribution < 1.29 is 19.0 Å². The van der Waals surface area contributed by atoms with Gasteiger partial charge >= 0.3 is 5.97 Å². The van der Waals surface area contributed by atoms with E-state index in [-0.39, 0.29) is 28.6 Å². The largest absolute Gasteiger partial charge is 0.486 e. The number of aromatic nitrogens is 1. The Labute approximate surface area is 119 Å². The summed E-state index contributed by atoms with van der Waals surface area (Å²) >= 11 is 5.66. The van der Waals surface area contributed by atoms with E-state index in [4.69, 9.17) is 21.4 Å². The minimum absolute atomic E-state index is 0.00779. The van der Waals surface area contributed by atoms with E-state index in [9.17, 15) is 9.18 Å². The maximum Gasteiger partial charge on any atom is 0.358 e. The third-order valence-corrected chi connectivity index (χ3v) is 2.91. The van der Waals surface area contributed by atoms with Gasteiger partial charge in [-0.15, -0.1) is 0 Å². The highest BCUT2D eigenvalue weighted by Gasteiger charge is 2.14. The quantitative estimate of drug-likeness (QED) is 0.938. The average molecular weight is 296 g/mol. The van der Waals surface area contributed by atoms with Crippen LogP contribution in [0.25, 0.3) is 0 Å². The molecule has 20 heavy (non-hydrogen) atoms. The number of carboxylic acids is 1. The van der Waals surface area contributed by atoms with Crippen molar-refractivity contribution in [3.63, 3.8) is 0 Å². The molecule has 0 bridgehead atoms. The Balaban J connectivity index is 2.23. The minimum atomic E-state index is -1.20. The molecule has 0 unspecified atom stereocenters. The number of aryl methyl sites for hydroxylation is 1. The Morgan fingerprint density at radius 2 is 2.15 bits per heavy atom. The summed E-state index contributed by atoms with van der Waals surface area (Å²) in [6, 6.07) is 7.65. The third kappa shape index (κ3) is 3.05. The van der Waals surface area contributed by atoms with Gasteiger partial charge in [0.2, 0.25) is 0 Å². The standard InChI is InChI=1S/C14H11ClFNO3/c1-8-5-6-11(13(17-8)14(18)19)20-7-9-3-2-4-10(15)12(9)16/h2-6H,7H2,1H3,(H,18,19). The van der Waals surface area contributed by atoms with Crippen molar-refractivity contribution in [3.8, 4) is 5.75 Å². The first-order valence-electron chi connectivity index (χ1n) is 5.75. The molecule has 0 amide bonds. The summed E-state index contributed by atoms with van der Waals surface area (Å²) < 4.78 is 19.0. The monoisotopic (exact) mass is 295 g/mol. The van der Waals surface area contributed by atoms with Crippen LogP contribution in [0.2, 0.25) is 5.02 Å². The molecule has 0 aliphatic carbocycles. The molecular formula is C14H11ClFNO3. The first kappa shape index (κ1) is 14.3. The zero-order chi connectivity index (χ0) is 14.7. The molecule has 1 aromatic heterocycles. The summed E-state index contributed by atoms with van der Waals surface area (Å²) in [5.41, 5.74) is 0.602. The number of carbonyl (C=O) groups is 1. The molecule has 0 fully saturated rings. The lowest BCUT2D eigenvalue weighted by Crippen LogP contribution is -2.07. The zero-order valence-corrected chi connectivity index (χ0v) is 11.3. The molecule has 6 heteroatoms. The smallest absolute Gasteiger partial charge is 0.358 e. The second kappa shape index (κ2) is 5.88. The zero-order valence-electron chi connectivity index (χ0n) is 10.6. The molecule has 1 N–H and O–H groups in total. The Morgan fingerprint density at radius 1 is 1.40 bits per heavy atom. The first-order valence-corrected chi connectivity index (χ1v) is 6.13. The van der Waals surface area contributed by atoms with Crippen molar-refractivity contribution in [2.45, 2.75) is 13.5 Å². The van der Waals surface area contributed by atoms with E-state index < -0.39 is 11.8 Å². The molecule has 1 aromatic carbocycles. The molecule has 0 aliphatic heterocycles. The summed E-state index contributed by atoms with van der Waals surface area (Å²) in [6.07, 6.45) is 0. The van der Waals surface area contributed by atoms with Crippen molar-refractivity contribution in [3.05, 3.63) is 58.1 Å². The van der Waals surface area contributed by atoms with Gasteiger partial charge in [-0.05, 0) is 25.1 Å². The molecule has 104 valence electrons. The highest BCUT2D eigenvalue weighted by atomic mass is 35.5. The number of hydrogen-bond acceptors (Lipinski definition) is 3. The highest BCUT2D eigenvalue weighted by molar-refractivity contribution is 6.30. The summed E-state index contributed by atoms with van der Waals surface area (Å²) in [4.78, 5) is 14.9. The molecule has 0 spiro atoms. The van der Waals surface area contributed by atoms with E-state index in [0.717, 1.165) is 0 Å². The molecule has 2 aromatic rings. The topological polar surface area (TPSA) is 59.4 Å². The van der Waals surface area contributed by atoms with Gasteiger partial charge in [-0.1, -0.05) is 23.7 Å². The second-order valence-electron chi connectivity index (χ2n) is 4.11. The average Bonchev–Trinajstić information content (AvgIpc) is 2.41. The van der Waals surface area contributed by atoms with Gasteiger partial charge < -0.3 is 9.84 Å². The van der Waals surface area contributed by atoms with Crippen molar-refractivity contribution in [2.75, 3.05) is 0 Å². The van der Waals surface area contributed by atoms with Crippen LogP contribution in [0.15, 0.2) is 30.3 Å². The van der Waals surface area contributed by atoms with E-state index in [1.165, 1.54) is 18.2 Å². The normalized spacial score (nSPS) is 10.3. The van der Waals surface area contributed by atoms with Crippen LogP contribution in [0.3, 0.4) is 0 Å². The molecule has 0 saturated heterocycles. The van der Waals surface area contributed by atoms with E-state index >= 15 is 0 Å². The Kier molecular flexibility index (Phi) is 4.20. The van der Waals surface area contributed by atoms with E-state index in [0.29, 0.717) is 5.69 Å². The van der Waals surface area contributed by atoms with Crippen LogP contribution in [0.1, 0.15) is 21.7 Å². The number of pyridine rings is 1. The first-order chi connectivity index (χ1) is 9.49. The predicted octanol–water partition coefficient (Wildman–Crippen LogP) is 3.46. The fraction of sp³-hybridized carbons (Fsp3) is 0.143. The molecule has 0 atom stereocenters. The van der Waals surface area contributed by atoms with Gasteiger partial charge in [0.05, 0.1) is 5.02 Å². The van der Waals surface area contributed by atoms with Crippen molar-refractivity contribution >= 4 is 17.6 Å². The number of ether oxygens (including phenoxy) is 1. The van der Waals surface area contributed by atoms with Crippen LogP contribution in [0, 0.1) is 12.7 Å². The lowest BCUT2D eigenvalue weighted by Gasteiger charge is -2.10. The Morgan fingerprint density at radius 3 is 2.85 bits per heavy atom. The minimum Gasteiger partial charge on any atom is -0.486 e. The van der Waals surface area contributed by atoms with Crippen LogP contribution in [0.4, 0.5) is 4.39 Å². The number of carboxylic acid groups (broad SMARTS) is 1. The SMILES string of the molecule is Cc1ccc(OCc2cccc(Cl)c2F)c(C(=O)O)n1. The van der Waals surface area contributed by atoms with Gasteiger partial charge in [0.1, 0.15) is 12.4 Å². The summed E-state index contributed by atoms with van der Waals surface area (Å²) in [5, 5.41) is 9.04. The number of benzene rings is 1.